The van der Waals surface area contributed by atoms with Gasteiger partial charge in [0, 0.05) is 25.8 Å². The molecule has 0 bridgehead atoms. The van der Waals surface area contributed by atoms with Gasteiger partial charge in [0.2, 0.25) is 5.95 Å². The molecule has 136 valence electrons. The van der Waals surface area contributed by atoms with Crippen molar-refractivity contribution in [3.8, 4) is 5.75 Å². The lowest BCUT2D eigenvalue weighted by molar-refractivity contribution is 0.415. The number of halogens is 1. The predicted molar refractivity (Wildman–Crippen MR) is 99.8 cm³/mol. The average molecular weight is 376 g/mol. The van der Waals surface area contributed by atoms with E-state index < -0.39 is 11.2 Å². The summed E-state index contributed by atoms with van der Waals surface area (Å²) in [4.78, 5) is 33.2. The third kappa shape index (κ3) is 2.40. The number of hydrogen-bond donors (Lipinski definition) is 1. The summed E-state index contributed by atoms with van der Waals surface area (Å²) in [5.74, 6) is 1.48. The Morgan fingerprint density at radius 1 is 1.31 bits per heavy atom. The summed E-state index contributed by atoms with van der Waals surface area (Å²) in [5.41, 5.74) is 0.708. The van der Waals surface area contributed by atoms with Gasteiger partial charge in [0.1, 0.15) is 5.75 Å². The van der Waals surface area contributed by atoms with Gasteiger partial charge in [-0.25, -0.2) is 4.79 Å². The maximum atomic E-state index is 12.4. The number of aromatic amines is 1. The molecule has 1 atom stereocenters. The average Bonchev–Trinajstić information content (AvgIpc) is 2.99. The molecule has 0 spiro atoms. The van der Waals surface area contributed by atoms with Crippen LogP contribution in [-0.2, 0) is 13.6 Å². The topological polar surface area (TPSA) is 85.2 Å². The Kier molecular flexibility index (Phi) is 3.80. The van der Waals surface area contributed by atoms with Crippen molar-refractivity contribution >= 4 is 34.4 Å². The standard InChI is InChI=1S/C17H18ClN5O3/c1-9-7-22(10-4-5-12(26-3)11(18)6-10)16-19-14-13(23(16)8-9)15(24)20-17(25)21(14)2/h4-6,9H,7-8H2,1-3H3,(H,20,24,25). The van der Waals surface area contributed by atoms with Crippen LogP contribution in [0.2, 0.25) is 5.02 Å². The Labute approximate surface area is 153 Å². The fraction of sp³-hybridized carbons (Fsp3) is 0.353. The van der Waals surface area contributed by atoms with Crippen LogP contribution in [0.1, 0.15) is 6.92 Å². The van der Waals surface area contributed by atoms with Crippen molar-refractivity contribution in [2.75, 3.05) is 18.6 Å². The number of nitrogens with one attached hydrogen (secondary N) is 1. The van der Waals surface area contributed by atoms with Gasteiger partial charge < -0.3 is 14.2 Å². The number of nitrogens with zero attached hydrogens (tertiary/aromatic N) is 4. The van der Waals surface area contributed by atoms with Crippen LogP contribution < -0.4 is 20.9 Å². The quantitative estimate of drug-likeness (QED) is 0.739. The zero-order chi connectivity index (χ0) is 18.6. The summed E-state index contributed by atoms with van der Waals surface area (Å²) in [5, 5.41) is 0.496. The van der Waals surface area contributed by atoms with Crippen LogP contribution in [0.3, 0.4) is 0 Å². The Bertz CT molecular complexity index is 1130. The Morgan fingerprint density at radius 2 is 2.08 bits per heavy atom. The highest BCUT2D eigenvalue weighted by Crippen LogP contribution is 2.36. The van der Waals surface area contributed by atoms with Crippen molar-refractivity contribution in [3.05, 3.63) is 44.1 Å². The SMILES string of the molecule is COc1ccc(N2CC(C)Cn3c2nc2c3c(=O)[nH]c(=O)n2C)cc1Cl. The summed E-state index contributed by atoms with van der Waals surface area (Å²) in [7, 11) is 3.16. The molecule has 1 N–H and O–H groups in total. The molecule has 26 heavy (non-hydrogen) atoms. The van der Waals surface area contributed by atoms with E-state index in [0.29, 0.717) is 34.4 Å². The van der Waals surface area contributed by atoms with Gasteiger partial charge in [0.05, 0.1) is 12.1 Å². The highest BCUT2D eigenvalue weighted by atomic mass is 35.5. The molecule has 3 aromatic rings. The molecule has 3 heterocycles. The summed E-state index contributed by atoms with van der Waals surface area (Å²) < 4.78 is 8.43. The third-order valence-corrected chi connectivity index (χ3v) is 4.96. The lowest BCUT2D eigenvalue weighted by Gasteiger charge is -2.33. The zero-order valence-corrected chi connectivity index (χ0v) is 15.4. The highest BCUT2D eigenvalue weighted by molar-refractivity contribution is 6.32. The minimum absolute atomic E-state index is 0.275. The van der Waals surface area contributed by atoms with E-state index in [0.717, 1.165) is 12.2 Å². The molecule has 4 rings (SSSR count). The largest absolute Gasteiger partial charge is 0.495 e. The maximum Gasteiger partial charge on any atom is 0.329 e. The number of rotatable bonds is 2. The number of fused-ring (bicyclic) bond motifs is 3. The predicted octanol–water partition coefficient (Wildman–Crippen LogP) is 1.87. The number of benzene rings is 1. The Hall–Kier alpha value is -2.74. The number of aryl methyl sites for hydroxylation is 1. The molecule has 0 amide bonds. The smallest absolute Gasteiger partial charge is 0.329 e. The van der Waals surface area contributed by atoms with Crippen molar-refractivity contribution in [1.29, 1.82) is 0 Å². The lowest BCUT2D eigenvalue weighted by Crippen LogP contribution is -2.35. The number of ether oxygens (including phenoxy) is 1. The van der Waals surface area contributed by atoms with Crippen molar-refractivity contribution < 1.29 is 4.74 Å². The molecule has 1 aromatic carbocycles. The van der Waals surface area contributed by atoms with Crippen LogP contribution in [0.5, 0.6) is 5.75 Å². The van der Waals surface area contributed by atoms with Crippen molar-refractivity contribution in [2.45, 2.75) is 13.5 Å². The summed E-state index contributed by atoms with van der Waals surface area (Å²) in [6.07, 6.45) is 0. The van der Waals surface area contributed by atoms with E-state index in [1.54, 1.807) is 20.2 Å². The zero-order valence-electron chi connectivity index (χ0n) is 14.6. The first-order chi connectivity index (χ1) is 12.4. The molecule has 0 fully saturated rings. The maximum absolute atomic E-state index is 12.4. The molecule has 0 aliphatic carbocycles. The molecule has 9 heteroatoms. The molecule has 0 radical (unpaired) electrons. The summed E-state index contributed by atoms with van der Waals surface area (Å²) in [6.45, 7) is 3.47. The highest BCUT2D eigenvalue weighted by Gasteiger charge is 2.29. The van der Waals surface area contributed by atoms with E-state index in [4.69, 9.17) is 16.3 Å². The summed E-state index contributed by atoms with van der Waals surface area (Å²) in [6, 6.07) is 5.51. The first-order valence-corrected chi connectivity index (χ1v) is 8.59. The van der Waals surface area contributed by atoms with Crippen molar-refractivity contribution in [1.82, 2.24) is 19.1 Å². The molecule has 1 aliphatic rings. The second-order valence-electron chi connectivity index (χ2n) is 6.55. The third-order valence-electron chi connectivity index (χ3n) is 4.66. The number of H-pyrrole nitrogens is 1. The molecule has 1 aliphatic heterocycles. The van der Waals surface area contributed by atoms with Gasteiger partial charge in [-0.1, -0.05) is 18.5 Å². The Morgan fingerprint density at radius 3 is 2.77 bits per heavy atom. The number of anilines is 2. The van der Waals surface area contributed by atoms with Gasteiger partial charge in [0.25, 0.3) is 5.56 Å². The van der Waals surface area contributed by atoms with E-state index in [1.165, 1.54) is 4.57 Å². The minimum Gasteiger partial charge on any atom is -0.495 e. The van der Waals surface area contributed by atoms with E-state index in [1.807, 2.05) is 21.6 Å². The van der Waals surface area contributed by atoms with Crippen LogP contribution in [0.15, 0.2) is 27.8 Å². The molecule has 8 nitrogen and oxygen atoms in total. The van der Waals surface area contributed by atoms with Crippen LogP contribution >= 0.6 is 11.6 Å². The van der Waals surface area contributed by atoms with E-state index >= 15 is 0 Å². The fourth-order valence-corrected chi connectivity index (χ4v) is 3.66. The van der Waals surface area contributed by atoms with Crippen molar-refractivity contribution in [2.24, 2.45) is 13.0 Å². The Balaban J connectivity index is 1.96. The fourth-order valence-electron chi connectivity index (χ4n) is 3.41. The monoisotopic (exact) mass is 375 g/mol. The molecule has 0 saturated carbocycles. The molecular weight excluding hydrogens is 358 g/mol. The number of methoxy groups -OCH3 is 1. The normalized spacial score (nSPS) is 16.8. The summed E-state index contributed by atoms with van der Waals surface area (Å²) >= 11 is 6.28. The minimum atomic E-state index is -0.481. The first-order valence-electron chi connectivity index (χ1n) is 8.21. The van der Waals surface area contributed by atoms with Crippen LogP contribution in [-0.4, -0.2) is 32.8 Å². The van der Waals surface area contributed by atoms with Gasteiger partial charge in [-0.15, -0.1) is 0 Å². The van der Waals surface area contributed by atoms with Gasteiger partial charge in [0.15, 0.2) is 11.2 Å². The van der Waals surface area contributed by atoms with Crippen LogP contribution in [0, 0.1) is 5.92 Å². The second kappa shape index (κ2) is 5.91. The van der Waals surface area contributed by atoms with Gasteiger partial charge in [-0.3, -0.25) is 14.3 Å². The van der Waals surface area contributed by atoms with Gasteiger partial charge in [-0.05, 0) is 24.1 Å². The number of aromatic nitrogens is 4. The van der Waals surface area contributed by atoms with E-state index in [2.05, 4.69) is 16.9 Å². The first kappa shape index (κ1) is 16.7. The lowest BCUT2D eigenvalue weighted by atomic mass is 10.1. The van der Waals surface area contributed by atoms with Gasteiger partial charge >= 0.3 is 5.69 Å². The second-order valence-corrected chi connectivity index (χ2v) is 6.95. The van der Waals surface area contributed by atoms with Crippen LogP contribution in [0.4, 0.5) is 11.6 Å². The van der Waals surface area contributed by atoms with Gasteiger partial charge in [-0.2, -0.15) is 4.98 Å². The van der Waals surface area contributed by atoms with E-state index in [9.17, 15) is 9.59 Å². The molecular formula is C17H18ClN5O3. The van der Waals surface area contributed by atoms with E-state index in [-0.39, 0.29) is 5.92 Å². The molecule has 2 aromatic heterocycles. The number of hydrogen-bond acceptors (Lipinski definition) is 5. The molecule has 0 saturated heterocycles. The van der Waals surface area contributed by atoms with Crippen molar-refractivity contribution in [3.63, 3.8) is 0 Å². The van der Waals surface area contributed by atoms with Crippen LogP contribution in [0.25, 0.3) is 11.2 Å². The number of imidazole rings is 1. The molecule has 1 unspecified atom stereocenters.